The maximum atomic E-state index is 6.13. The molecule has 0 spiro atoms. The van der Waals surface area contributed by atoms with Crippen LogP contribution in [0.1, 0.15) is 25.0 Å². The Balaban J connectivity index is 2.30. The first kappa shape index (κ1) is 12.1. The third-order valence-corrected chi connectivity index (χ3v) is 4.50. The molecule has 1 heterocycles. The summed E-state index contributed by atoms with van der Waals surface area (Å²) in [6.45, 7) is 4.46. The van der Waals surface area contributed by atoms with Crippen molar-refractivity contribution >= 4 is 38.9 Å². The Morgan fingerprint density at radius 1 is 1.11 bits per heavy atom. The first-order chi connectivity index (χ1) is 8.50. The van der Waals surface area contributed by atoms with Gasteiger partial charge in [-0.05, 0) is 51.3 Å². The van der Waals surface area contributed by atoms with Gasteiger partial charge in [0.15, 0.2) is 0 Å². The Morgan fingerprint density at radius 2 is 1.89 bits per heavy atom. The normalized spacial score (nSPS) is 15.6. The molecule has 1 N–H and O–H groups in total. The molecule has 0 aromatic heterocycles. The summed E-state index contributed by atoms with van der Waals surface area (Å²) in [6, 6.07) is 12.3. The molecular weight excluding hydrogens is 310 g/mol. The molecule has 0 atom stereocenters. The van der Waals surface area contributed by atoms with Gasteiger partial charge in [0, 0.05) is 20.6 Å². The van der Waals surface area contributed by atoms with E-state index in [1.807, 2.05) is 18.2 Å². The van der Waals surface area contributed by atoms with E-state index in [0.717, 1.165) is 20.9 Å². The smallest absolute Gasteiger partial charge is 0.0570 e. The van der Waals surface area contributed by atoms with E-state index in [-0.39, 0.29) is 5.41 Å². The Morgan fingerprint density at radius 3 is 2.67 bits per heavy atom. The van der Waals surface area contributed by atoms with Crippen molar-refractivity contribution in [3.63, 3.8) is 0 Å². The van der Waals surface area contributed by atoms with Crippen molar-refractivity contribution in [1.29, 1.82) is 0 Å². The molecular formula is C15H13BrClN. The number of anilines is 2. The minimum Gasteiger partial charge on any atom is -0.354 e. The third-order valence-electron chi connectivity index (χ3n) is 3.60. The molecule has 0 saturated heterocycles. The van der Waals surface area contributed by atoms with Crippen molar-refractivity contribution in [3.05, 3.63) is 57.0 Å². The van der Waals surface area contributed by atoms with Gasteiger partial charge in [-0.1, -0.05) is 37.6 Å². The Bertz CT molecular complexity index is 630. The second kappa shape index (κ2) is 4.01. The molecule has 2 aromatic carbocycles. The largest absolute Gasteiger partial charge is 0.354 e. The molecule has 92 valence electrons. The topological polar surface area (TPSA) is 12.0 Å². The Labute approximate surface area is 120 Å². The molecule has 1 nitrogen and oxygen atoms in total. The molecule has 0 bridgehead atoms. The highest BCUT2D eigenvalue weighted by molar-refractivity contribution is 9.10. The zero-order valence-electron chi connectivity index (χ0n) is 10.2. The standard InChI is InChI=1S/C15H13BrClN/c1-15(2)10-4-3-5-12(16)14(10)18-13-7-6-9(17)8-11(13)15/h3-8,18H,1-2H3. The number of halogens is 2. The van der Waals surface area contributed by atoms with E-state index in [1.54, 1.807) is 0 Å². The summed E-state index contributed by atoms with van der Waals surface area (Å²) in [7, 11) is 0. The van der Waals surface area contributed by atoms with Crippen LogP contribution in [0.3, 0.4) is 0 Å². The van der Waals surface area contributed by atoms with Gasteiger partial charge in [-0.2, -0.15) is 0 Å². The van der Waals surface area contributed by atoms with E-state index in [9.17, 15) is 0 Å². The monoisotopic (exact) mass is 321 g/mol. The van der Waals surface area contributed by atoms with Crippen LogP contribution in [0, 0.1) is 0 Å². The molecule has 18 heavy (non-hydrogen) atoms. The number of hydrogen-bond donors (Lipinski definition) is 1. The van der Waals surface area contributed by atoms with Crippen molar-refractivity contribution in [3.8, 4) is 0 Å². The first-order valence-electron chi connectivity index (χ1n) is 5.86. The van der Waals surface area contributed by atoms with Crippen molar-refractivity contribution in [2.45, 2.75) is 19.3 Å². The maximum Gasteiger partial charge on any atom is 0.0570 e. The Hall–Kier alpha value is -0.990. The summed E-state index contributed by atoms with van der Waals surface area (Å²) in [5, 5.41) is 4.27. The maximum absolute atomic E-state index is 6.13. The van der Waals surface area contributed by atoms with Crippen LogP contribution in [-0.4, -0.2) is 0 Å². The molecule has 0 unspecified atom stereocenters. The van der Waals surface area contributed by atoms with Gasteiger partial charge in [0.05, 0.1) is 5.69 Å². The molecule has 2 aromatic rings. The predicted octanol–water partition coefficient (Wildman–Crippen LogP) is 5.49. The molecule has 0 fully saturated rings. The SMILES string of the molecule is CC1(C)c2cc(Cl)ccc2Nc2c(Br)cccc21. The number of rotatable bonds is 0. The minimum atomic E-state index is -0.0510. The lowest BCUT2D eigenvalue weighted by atomic mass is 9.74. The van der Waals surface area contributed by atoms with Crippen LogP contribution in [-0.2, 0) is 5.41 Å². The molecule has 3 heteroatoms. The zero-order chi connectivity index (χ0) is 12.9. The molecule has 0 radical (unpaired) electrons. The number of hydrogen-bond acceptors (Lipinski definition) is 1. The lowest BCUT2D eigenvalue weighted by Gasteiger charge is -2.36. The van der Waals surface area contributed by atoms with Gasteiger partial charge in [-0.3, -0.25) is 0 Å². The summed E-state index contributed by atoms with van der Waals surface area (Å²) < 4.78 is 1.09. The van der Waals surface area contributed by atoms with Gasteiger partial charge < -0.3 is 5.32 Å². The van der Waals surface area contributed by atoms with Crippen LogP contribution in [0.2, 0.25) is 5.02 Å². The molecule has 0 saturated carbocycles. The van der Waals surface area contributed by atoms with Crippen LogP contribution in [0.25, 0.3) is 0 Å². The van der Waals surface area contributed by atoms with E-state index in [2.05, 4.69) is 53.3 Å². The number of nitrogens with one attached hydrogen (secondary N) is 1. The fourth-order valence-corrected chi connectivity index (χ4v) is 3.23. The molecule has 0 amide bonds. The van der Waals surface area contributed by atoms with E-state index in [0.29, 0.717) is 0 Å². The van der Waals surface area contributed by atoms with Crippen molar-refractivity contribution < 1.29 is 0 Å². The summed E-state index contributed by atoms with van der Waals surface area (Å²) >= 11 is 9.74. The summed E-state index contributed by atoms with van der Waals surface area (Å²) in [6.07, 6.45) is 0. The van der Waals surface area contributed by atoms with Gasteiger partial charge in [-0.15, -0.1) is 0 Å². The third kappa shape index (κ3) is 1.67. The highest BCUT2D eigenvalue weighted by Crippen LogP contribution is 2.48. The van der Waals surface area contributed by atoms with Gasteiger partial charge in [-0.25, -0.2) is 0 Å². The zero-order valence-corrected chi connectivity index (χ0v) is 12.6. The van der Waals surface area contributed by atoms with E-state index in [4.69, 9.17) is 11.6 Å². The average Bonchev–Trinajstić information content (AvgIpc) is 2.32. The quantitative estimate of drug-likeness (QED) is 0.676. The van der Waals surface area contributed by atoms with E-state index in [1.165, 1.54) is 11.1 Å². The van der Waals surface area contributed by atoms with Gasteiger partial charge in [0.25, 0.3) is 0 Å². The van der Waals surface area contributed by atoms with Crippen molar-refractivity contribution in [2.75, 3.05) is 5.32 Å². The lowest BCUT2D eigenvalue weighted by Crippen LogP contribution is -2.26. The number of fused-ring (bicyclic) bond motifs is 2. The van der Waals surface area contributed by atoms with Crippen molar-refractivity contribution in [1.82, 2.24) is 0 Å². The van der Waals surface area contributed by atoms with Crippen LogP contribution in [0.4, 0.5) is 11.4 Å². The highest BCUT2D eigenvalue weighted by atomic mass is 79.9. The molecule has 1 aliphatic rings. The summed E-state index contributed by atoms with van der Waals surface area (Å²) in [4.78, 5) is 0. The van der Waals surface area contributed by atoms with Crippen LogP contribution < -0.4 is 5.32 Å². The second-order valence-electron chi connectivity index (χ2n) is 5.10. The lowest BCUT2D eigenvalue weighted by molar-refractivity contribution is 0.637. The first-order valence-corrected chi connectivity index (χ1v) is 7.03. The van der Waals surface area contributed by atoms with Crippen LogP contribution in [0.5, 0.6) is 0 Å². The van der Waals surface area contributed by atoms with Crippen LogP contribution in [0.15, 0.2) is 40.9 Å². The van der Waals surface area contributed by atoms with E-state index < -0.39 is 0 Å². The fraction of sp³-hybridized carbons (Fsp3) is 0.200. The minimum absolute atomic E-state index is 0.0510. The average molecular weight is 323 g/mol. The highest BCUT2D eigenvalue weighted by Gasteiger charge is 2.33. The van der Waals surface area contributed by atoms with Gasteiger partial charge in [0.2, 0.25) is 0 Å². The van der Waals surface area contributed by atoms with Crippen molar-refractivity contribution in [2.24, 2.45) is 0 Å². The fourth-order valence-electron chi connectivity index (χ4n) is 2.59. The summed E-state index contributed by atoms with van der Waals surface area (Å²) in [5.74, 6) is 0. The van der Waals surface area contributed by atoms with Gasteiger partial charge >= 0.3 is 0 Å². The van der Waals surface area contributed by atoms with Crippen LogP contribution >= 0.6 is 27.5 Å². The predicted molar refractivity (Wildman–Crippen MR) is 81.0 cm³/mol. The van der Waals surface area contributed by atoms with E-state index >= 15 is 0 Å². The molecule has 1 aliphatic heterocycles. The second-order valence-corrected chi connectivity index (χ2v) is 6.39. The van der Waals surface area contributed by atoms with Gasteiger partial charge in [0.1, 0.15) is 0 Å². The molecule has 0 aliphatic carbocycles. The molecule has 3 rings (SSSR count). The Kier molecular flexibility index (Phi) is 2.68. The number of para-hydroxylation sites is 1. The summed E-state index contributed by atoms with van der Waals surface area (Å²) in [5.41, 5.74) is 4.75. The number of benzene rings is 2.